The van der Waals surface area contributed by atoms with Crippen molar-refractivity contribution in [3.63, 3.8) is 0 Å². The zero-order valence-electron chi connectivity index (χ0n) is 16.4. The van der Waals surface area contributed by atoms with Crippen LogP contribution in [0.2, 0.25) is 0 Å². The van der Waals surface area contributed by atoms with Gasteiger partial charge in [0.15, 0.2) is 0 Å². The number of rotatable bonds is 0. The molecule has 0 fully saturated rings. The molecule has 0 heterocycles. The van der Waals surface area contributed by atoms with Gasteiger partial charge in [-0.2, -0.15) is 0 Å². The maximum absolute atomic E-state index is 3.21. The first-order valence-electron chi connectivity index (χ1n) is 9.71. The standard InChI is InChI=1S/C30H18/c1-3-7-25(8-4-1)11-13-27-15-19-29(20-16-27)23-24-30-21-17-28(18-22-30)14-12-26-9-5-2-6-10-26/h1-10,15-22H. The Labute approximate surface area is 178 Å². The van der Waals surface area contributed by atoms with Crippen molar-refractivity contribution in [3.8, 4) is 35.5 Å². The van der Waals surface area contributed by atoms with E-state index in [1.54, 1.807) is 0 Å². The minimum atomic E-state index is 0.966. The minimum Gasteiger partial charge on any atom is -0.0622 e. The largest absolute Gasteiger partial charge is 0.0622 e. The fourth-order valence-electron chi connectivity index (χ4n) is 2.75. The molecule has 0 aliphatic heterocycles. The zero-order chi connectivity index (χ0) is 20.4. The molecule has 0 amide bonds. The lowest BCUT2D eigenvalue weighted by molar-refractivity contribution is 1.58. The Bertz CT molecular complexity index is 1190. The molecule has 0 aromatic heterocycles. The van der Waals surface area contributed by atoms with Gasteiger partial charge in [-0.3, -0.25) is 0 Å². The van der Waals surface area contributed by atoms with Crippen molar-refractivity contribution in [2.75, 3.05) is 0 Å². The summed E-state index contributed by atoms with van der Waals surface area (Å²) in [5.74, 6) is 19.1. The molecule has 0 aliphatic carbocycles. The molecule has 30 heavy (non-hydrogen) atoms. The molecule has 0 saturated carbocycles. The minimum absolute atomic E-state index is 0.966. The van der Waals surface area contributed by atoms with Gasteiger partial charge in [-0.25, -0.2) is 0 Å². The van der Waals surface area contributed by atoms with Crippen LogP contribution in [-0.4, -0.2) is 0 Å². The van der Waals surface area contributed by atoms with Crippen molar-refractivity contribution in [2.45, 2.75) is 0 Å². The summed E-state index contributed by atoms with van der Waals surface area (Å²) >= 11 is 0. The molecule has 0 saturated heterocycles. The lowest BCUT2D eigenvalue weighted by atomic mass is 10.1. The molecule has 4 aromatic rings. The molecule has 138 valence electrons. The van der Waals surface area contributed by atoms with Gasteiger partial charge in [0.2, 0.25) is 0 Å². The molecule has 0 aliphatic rings. The second kappa shape index (κ2) is 9.66. The SMILES string of the molecule is C(#Cc1ccc(C#Cc2ccc(C#Cc3ccccc3)cc2)cc1)c1ccccc1. The first-order chi connectivity index (χ1) is 14.8. The smallest absolute Gasteiger partial charge is 0.0249 e. The molecule has 0 nitrogen and oxygen atoms in total. The van der Waals surface area contributed by atoms with Crippen molar-refractivity contribution < 1.29 is 0 Å². The monoisotopic (exact) mass is 378 g/mol. The van der Waals surface area contributed by atoms with Gasteiger partial charge in [-0.05, 0) is 72.8 Å². The van der Waals surface area contributed by atoms with E-state index >= 15 is 0 Å². The van der Waals surface area contributed by atoms with Crippen LogP contribution in [0.4, 0.5) is 0 Å². The maximum Gasteiger partial charge on any atom is 0.0249 e. The van der Waals surface area contributed by atoms with Gasteiger partial charge < -0.3 is 0 Å². The van der Waals surface area contributed by atoms with Crippen LogP contribution in [0.1, 0.15) is 33.4 Å². The highest BCUT2D eigenvalue weighted by atomic mass is 13.9. The molecular formula is C30H18. The van der Waals surface area contributed by atoms with Gasteiger partial charge in [0.25, 0.3) is 0 Å². The molecule has 0 spiro atoms. The van der Waals surface area contributed by atoms with Gasteiger partial charge in [-0.15, -0.1) is 0 Å². The molecule has 0 bridgehead atoms. The molecule has 4 aromatic carbocycles. The summed E-state index contributed by atoms with van der Waals surface area (Å²) in [7, 11) is 0. The Morgan fingerprint density at radius 2 is 0.433 bits per heavy atom. The Morgan fingerprint density at radius 3 is 0.667 bits per heavy atom. The topological polar surface area (TPSA) is 0 Å². The first-order valence-corrected chi connectivity index (χ1v) is 9.71. The average molecular weight is 378 g/mol. The third-order valence-electron chi connectivity index (χ3n) is 4.37. The van der Waals surface area contributed by atoms with Gasteiger partial charge >= 0.3 is 0 Å². The summed E-state index contributed by atoms with van der Waals surface area (Å²) in [5, 5.41) is 0. The predicted octanol–water partition coefficient (Wildman–Crippen LogP) is 5.89. The number of hydrogen-bond donors (Lipinski definition) is 0. The second-order valence-corrected chi connectivity index (χ2v) is 6.64. The predicted molar refractivity (Wildman–Crippen MR) is 124 cm³/mol. The van der Waals surface area contributed by atoms with Gasteiger partial charge in [0.05, 0.1) is 0 Å². The Balaban J connectivity index is 1.41. The fraction of sp³-hybridized carbons (Fsp3) is 0. The molecular weight excluding hydrogens is 360 g/mol. The van der Waals surface area contributed by atoms with Crippen molar-refractivity contribution in [1.82, 2.24) is 0 Å². The summed E-state index contributed by atoms with van der Waals surface area (Å²) in [6.07, 6.45) is 0. The zero-order valence-corrected chi connectivity index (χ0v) is 16.4. The third kappa shape index (κ3) is 5.53. The Kier molecular flexibility index (Phi) is 6.09. The maximum atomic E-state index is 3.21. The third-order valence-corrected chi connectivity index (χ3v) is 4.37. The van der Waals surface area contributed by atoms with Crippen LogP contribution < -0.4 is 0 Å². The summed E-state index contributed by atoms with van der Waals surface area (Å²) in [5.41, 5.74) is 5.91. The molecule has 4 rings (SSSR count). The Morgan fingerprint density at radius 1 is 0.233 bits per heavy atom. The van der Waals surface area contributed by atoms with E-state index in [-0.39, 0.29) is 0 Å². The van der Waals surface area contributed by atoms with Crippen molar-refractivity contribution in [1.29, 1.82) is 0 Å². The first kappa shape index (κ1) is 18.9. The van der Waals surface area contributed by atoms with Gasteiger partial charge in [0, 0.05) is 33.4 Å². The molecule has 0 heteroatoms. The van der Waals surface area contributed by atoms with Crippen LogP contribution in [0.5, 0.6) is 0 Å². The van der Waals surface area contributed by atoms with Crippen LogP contribution >= 0.6 is 0 Å². The van der Waals surface area contributed by atoms with E-state index < -0.39 is 0 Å². The summed E-state index contributed by atoms with van der Waals surface area (Å²) in [4.78, 5) is 0. The van der Waals surface area contributed by atoms with Gasteiger partial charge in [-0.1, -0.05) is 71.9 Å². The van der Waals surface area contributed by atoms with E-state index in [9.17, 15) is 0 Å². The molecule has 0 atom stereocenters. The lowest BCUT2D eigenvalue weighted by Gasteiger charge is -1.94. The van der Waals surface area contributed by atoms with Crippen LogP contribution in [0.3, 0.4) is 0 Å². The van der Waals surface area contributed by atoms with E-state index in [4.69, 9.17) is 0 Å². The Hall–Kier alpha value is -4.44. The number of benzene rings is 4. The fourth-order valence-corrected chi connectivity index (χ4v) is 2.75. The average Bonchev–Trinajstić information content (AvgIpc) is 2.83. The van der Waals surface area contributed by atoms with Crippen LogP contribution in [0.15, 0.2) is 109 Å². The van der Waals surface area contributed by atoms with E-state index in [1.807, 2.05) is 109 Å². The normalized spacial score (nSPS) is 9.20. The van der Waals surface area contributed by atoms with Gasteiger partial charge in [0.1, 0.15) is 0 Å². The number of hydrogen-bond acceptors (Lipinski definition) is 0. The van der Waals surface area contributed by atoms with E-state index in [2.05, 4.69) is 35.5 Å². The van der Waals surface area contributed by atoms with Crippen LogP contribution in [-0.2, 0) is 0 Å². The lowest BCUT2D eigenvalue weighted by Crippen LogP contribution is -1.80. The molecule has 0 unspecified atom stereocenters. The van der Waals surface area contributed by atoms with Crippen molar-refractivity contribution in [3.05, 3.63) is 143 Å². The van der Waals surface area contributed by atoms with E-state index in [1.165, 1.54) is 0 Å². The molecule has 0 radical (unpaired) electrons. The van der Waals surface area contributed by atoms with Crippen molar-refractivity contribution >= 4 is 0 Å². The molecule has 0 N–H and O–H groups in total. The quantitative estimate of drug-likeness (QED) is 0.335. The highest BCUT2D eigenvalue weighted by Crippen LogP contribution is 2.06. The van der Waals surface area contributed by atoms with E-state index in [0.29, 0.717) is 0 Å². The van der Waals surface area contributed by atoms with Crippen LogP contribution in [0, 0.1) is 35.5 Å². The summed E-state index contributed by atoms with van der Waals surface area (Å²) < 4.78 is 0. The van der Waals surface area contributed by atoms with Crippen molar-refractivity contribution in [2.24, 2.45) is 0 Å². The summed E-state index contributed by atoms with van der Waals surface area (Å²) in [6.45, 7) is 0. The highest BCUT2D eigenvalue weighted by molar-refractivity contribution is 5.49. The van der Waals surface area contributed by atoms with E-state index in [0.717, 1.165) is 33.4 Å². The van der Waals surface area contributed by atoms with Crippen LogP contribution in [0.25, 0.3) is 0 Å². The second-order valence-electron chi connectivity index (χ2n) is 6.64. The highest BCUT2D eigenvalue weighted by Gasteiger charge is 1.92. The summed E-state index contributed by atoms with van der Waals surface area (Å²) in [6, 6.07) is 36.0.